The van der Waals surface area contributed by atoms with E-state index in [1.807, 2.05) is 0 Å². The first-order valence-corrected chi connectivity index (χ1v) is 5.61. The second-order valence-electron chi connectivity index (χ2n) is 3.29. The molecule has 0 aromatic carbocycles. The Bertz CT molecular complexity index is 411. The average molecular weight is 224 g/mol. The number of rotatable bonds is 4. The van der Waals surface area contributed by atoms with Crippen LogP contribution in [0.1, 0.15) is 35.6 Å². The molecule has 2 heterocycles. The molecular formula is C10H12N2O2S. The Balaban J connectivity index is 2.25. The second kappa shape index (κ2) is 4.55. The van der Waals surface area contributed by atoms with Gasteiger partial charge in [-0.2, -0.15) is 0 Å². The van der Waals surface area contributed by atoms with E-state index in [-0.39, 0.29) is 0 Å². The van der Waals surface area contributed by atoms with E-state index >= 15 is 0 Å². The molecule has 0 aliphatic rings. The monoisotopic (exact) mass is 224 g/mol. The van der Waals surface area contributed by atoms with Gasteiger partial charge >= 0.3 is 0 Å². The van der Waals surface area contributed by atoms with Crippen molar-refractivity contribution in [1.29, 1.82) is 0 Å². The van der Waals surface area contributed by atoms with Gasteiger partial charge in [-0.3, -0.25) is 0 Å². The van der Waals surface area contributed by atoms with Crippen LogP contribution in [0, 0.1) is 0 Å². The van der Waals surface area contributed by atoms with Gasteiger partial charge in [-0.05, 0) is 24.0 Å². The zero-order chi connectivity index (χ0) is 10.7. The molecule has 0 aliphatic heterocycles. The minimum Gasteiger partial charge on any atom is -0.472 e. The van der Waals surface area contributed by atoms with E-state index in [1.54, 1.807) is 18.6 Å². The Hall–Kier alpha value is -1.20. The van der Waals surface area contributed by atoms with Crippen molar-refractivity contribution in [1.82, 2.24) is 9.59 Å². The zero-order valence-corrected chi connectivity index (χ0v) is 9.20. The number of aliphatic hydroxyl groups is 1. The third-order valence-corrected chi connectivity index (χ3v) is 3.00. The van der Waals surface area contributed by atoms with Crippen LogP contribution in [0.4, 0.5) is 0 Å². The van der Waals surface area contributed by atoms with Gasteiger partial charge in [-0.1, -0.05) is 17.8 Å². The highest BCUT2D eigenvalue weighted by Crippen LogP contribution is 2.27. The fourth-order valence-electron chi connectivity index (χ4n) is 1.42. The fourth-order valence-corrected chi connectivity index (χ4v) is 2.13. The van der Waals surface area contributed by atoms with Crippen LogP contribution >= 0.6 is 11.5 Å². The molecule has 0 amide bonds. The smallest absolute Gasteiger partial charge is 0.120 e. The van der Waals surface area contributed by atoms with Crippen molar-refractivity contribution in [3.8, 4) is 0 Å². The molecule has 2 aromatic rings. The lowest BCUT2D eigenvalue weighted by atomic mass is 10.1. The maximum atomic E-state index is 10.0. The SMILES string of the molecule is CCCc1nnsc1C(O)c1ccoc1. The van der Waals surface area contributed by atoms with Crippen molar-refractivity contribution in [3.63, 3.8) is 0 Å². The Labute approximate surface area is 91.7 Å². The number of hydrogen-bond acceptors (Lipinski definition) is 5. The molecule has 80 valence electrons. The normalized spacial score (nSPS) is 12.9. The summed E-state index contributed by atoms with van der Waals surface area (Å²) in [6.45, 7) is 2.08. The lowest BCUT2D eigenvalue weighted by molar-refractivity contribution is 0.221. The number of aryl methyl sites for hydroxylation is 1. The Morgan fingerprint density at radius 3 is 3.13 bits per heavy atom. The van der Waals surface area contributed by atoms with E-state index in [9.17, 15) is 5.11 Å². The van der Waals surface area contributed by atoms with Crippen LogP contribution in [0.15, 0.2) is 23.0 Å². The maximum absolute atomic E-state index is 10.0. The van der Waals surface area contributed by atoms with Crippen molar-refractivity contribution in [3.05, 3.63) is 34.7 Å². The highest BCUT2D eigenvalue weighted by atomic mass is 32.1. The molecule has 0 saturated carbocycles. The van der Waals surface area contributed by atoms with Gasteiger partial charge in [0.25, 0.3) is 0 Å². The quantitative estimate of drug-likeness (QED) is 0.864. The van der Waals surface area contributed by atoms with E-state index in [0.717, 1.165) is 29.0 Å². The van der Waals surface area contributed by atoms with Crippen molar-refractivity contribution < 1.29 is 9.52 Å². The number of hydrogen-bond donors (Lipinski definition) is 1. The molecule has 0 radical (unpaired) electrons. The lowest BCUT2D eigenvalue weighted by Gasteiger charge is -2.06. The van der Waals surface area contributed by atoms with Crippen molar-refractivity contribution in [2.45, 2.75) is 25.9 Å². The highest BCUT2D eigenvalue weighted by molar-refractivity contribution is 7.05. The van der Waals surface area contributed by atoms with Crippen molar-refractivity contribution in [2.75, 3.05) is 0 Å². The van der Waals surface area contributed by atoms with Crippen molar-refractivity contribution in [2.24, 2.45) is 0 Å². The van der Waals surface area contributed by atoms with Crippen LogP contribution in [0.5, 0.6) is 0 Å². The first kappa shape index (κ1) is 10.3. The highest BCUT2D eigenvalue weighted by Gasteiger charge is 2.18. The summed E-state index contributed by atoms with van der Waals surface area (Å²) in [5.74, 6) is 0. The summed E-state index contributed by atoms with van der Waals surface area (Å²) < 4.78 is 8.81. The molecule has 1 unspecified atom stereocenters. The van der Waals surface area contributed by atoms with E-state index in [2.05, 4.69) is 16.5 Å². The molecule has 0 fully saturated rings. The molecule has 1 N–H and O–H groups in total. The van der Waals surface area contributed by atoms with Gasteiger partial charge < -0.3 is 9.52 Å². The Morgan fingerprint density at radius 1 is 1.60 bits per heavy atom. The van der Waals surface area contributed by atoms with E-state index in [0.29, 0.717) is 0 Å². The van der Waals surface area contributed by atoms with E-state index in [4.69, 9.17) is 4.42 Å². The number of nitrogens with zero attached hydrogens (tertiary/aromatic N) is 2. The molecule has 5 heteroatoms. The first-order valence-electron chi connectivity index (χ1n) is 4.84. The topological polar surface area (TPSA) is 59.2 Å². The molecule has 2 aromatic heterocycles. The van der Waals surface area contributed by atoms with Gasteiger partial charge in [0, 0.05) is 5.56 Å². The summed E-state index contributed by atoms with van der Waals surface area (Å²) >= 11 is 1.24. The second-order valence-corrected chi connectivity index (χ2v) is 4.08. The Morgan fingerprint density at radius 2 is 2.47 bits per heavy atom. The third kappa shape index (κ3) is 2.08. The largest absolute Gasteiger partial charge is 0.472 e. The standard InChI is InChI=1S/C10H12N2O2S/c1-2-3-8-10(15-12-11-8)9(13)7-4-5-14-6-7/h4-6,9,13H,2-3H2,1H3. The van der Waals surface area contributed by atoms with E-state index in [1.165, 1.54) is 11.5 Å². The van der Waals surface area contributed by atoms with Gasteiger partial charge in [0.1, 0.15) is 6.10 Å². The fraction of sp³-hybridized carbons (Fsp3) is 0.400. The van der Waals surface area contributed by atoms with Gasteiger partial charge in [0.05, 0.1) is 23.1 Å². The molecule has 2 rings (SSSR count). The van der Waals surface area contributed by atoms with Crippen LogP contribution in [0.3, 0.4) is 0 Å². The average Bonchev–Trinajstić information content (AvgIpc) is 2.87. The Kier molecular flexibility index (Phi) is 3.13. The molecule has 0 saturated heterocycles. The molecule has 0 bridgehead atoms. The van der Waals surface area contributed by atoms with Crippen LogP contribution in [0.25, 0.3) is 0 Å². The third-order valence-electron chi connectivity index (χ3n) is 2.18. The van der Waals surface area contributed by atoms with Gasteiger partial charge in [0.15, 0.2) is 0 Å². The molecule has 0 spiro atoms. The zero-order valence-electron chi connectivity index (χ0n) is 8.38. The molecular weight excluding hydrogens is 212 g/mol. The molecule has 1 atom stereocenters. The lowest BCUT2D eigenvalue weighted by Crippen LogP contribution is -1.99. The van der Waals surface area contributed by atoms with Crippen molar-refractivity contribution >= 4 is 11.5 Å². The van der Waals surface area contributed by atoms with Crippen LogP contribution in [0.2, 0.25) is 0 Å². The number of aliphatic hydroxyl groups excluding tert-OH is 1. The summed E-state index contributed by atoms with van der Waals surface area (Å²) in [7, 11) is 0. The minimum absolute atomic E-state index is 0.662. The minimum atomic E-state index is -0.662. The molecule has 0 aliphatic carbocycles. The summed E-state index contributed by atoms with van der Waals surface area (Å²) in [4.78, 5) is 0.818. The predicted molar refractivity (Wildman–Crippen MR) is 56.7 cm³/mol. The van der Waals surface area contributed by atoms with Gasteiger partial charge in [0.2, 0.25) is 0 Å². The summed E-state index contributed by atoms with van der Waals surface area (Å²) in [6.07, 6.45) is 4.27. The maximum Gasteiger partial charge on any atom is 0.120 e. The van der Waals surface area contributed by atoms with Gasteiger partial charge in [-0.25, -0.2) is 0 Å². The predicted octanol–water partition coefficient (Wildman–Crippen LogP) is 2.17. The molecule has 4 nitrogen and oxygen atoms in total. The summed E-state index contributed by atoms with van der Waals surface area (Å²) in [6, 6.07) is 1.75. The van der Waals surface area contributed by atoms with Crippen LogP contribution in [-0.2, 0) is 6.42 Å². The summed E-state index contributed by atoms with van der Waals surface area (Å²) in [5.41, 5.74) is 1.63. The number of furan rings is 1. The van der Waals surface area contributed by atoms with Crippen LogP contribution in [-0.4, -0.2) is 14.7 Å². The molecule has 15 heavy (non-hydrogen) atoms. The van der Waals surface area contributed by atoms with E-state index < -0.39 is 6.10 Å². The van der Waals surface area contributed by atoms with Crippen LogP contribution < -0.4 is 0 Å². The number of aromatic nitrogens is 2. The first-order chi connectivity index (χ1) is 7.33. The summed E-state index contributed by atoms with van der Waals surface area (Å²) in [5, 5.41) is 14.1. The van der Waals surface area contributed by atoms with Gasteiger partial charge in [-0.15, -0.1) is 5.10 Å².